The quantitative estimate of drug-likeness (QED) is 0.0646. The average molecular weight is 617 g/mol. The van der Waals surface area contributed by atoms with E-state index in [1.54, 1.807) is 0 Å². The first-order chi connectivity index (χ1) is 21.8. The molecular formula is C42H84N2. The normalized spacial score (nSPS) is 14.8. The summed E-state index contributed by atoms with van der Waals surface area (Å²) in [4.78, 5) is 5.41. The van der Waals surface area contributed by atoms with Crippen LogP contribution in [0.2, 0.25) is 0 Å². The number of hydrogen-bond acceptors (Lipinski definition) is 2. The van der Waals surface area contributed by atoms with E-state index in [4.69, 9.17) is 0 Å². The molecule has 0 bridgehead atoms. The van der Waals surface area contributed by atoms with E-state index in [0.717, 1.165) is 0 Å². The van der Waals surface area contributed by atoms with Gasteiger partial charge >= 0.3 is 0 Å². The molecule has 2 nitrogen and oxygen atoms in total. The van der Waals surface area contributed by atoms with Crippen LogP contribution in [0.25, 0.3) is 0 Å². The maximum Gasteiger partial charge on any atom is 0.101 e. The molecule has 0 saturated carbocycles. The van der Waals surface area contributed by atoms with Crippen LogP contribution in [-0.2, 0) is 0 Å². The fraction of sp³-hybridized carbons (Fsp3) is 0.952. The van der Waals surface area contributed by atoms with E-state index in [9.17, 15) is 0 Å². The highest BCUT2D eigenvalue weighted by molar-refractivity contribution is 4.97. The Labute approximate surface area is 280 Å². The lowest BCUT2D eigenvalue weighted by Gasteiger charge is -2.33. The second-order valence-electron chi connectivity index (χ2n) is 14.6. The highest BCUT2D eigenvalue weighted by Gasteiger charge is 2.24. The van der Waals surface area contributed by atoms with Crippen LogP contribution in [0, 0.1) is 0 Å². The maximum absolute atomic E-state index is 2.71. The van der Waals surface area contributed by atoms with Crippen molar-refractivity contribution in [3.8, 4) is 0 Å². The van der Waals surface area contributed by atoms with Crippen LogP contribution in [-0.4, -0.2) is 29.1 Å². The Balaban J connectivity index is 2.09. The summed E-state index contributed by atoms with van der Waals surface area (Å²) in [6.07, 6.45) is 54.4. The van der Waals surface area contributed by atoms with E-state index in [-0.39, 0.29) is 0 Å². The molecule has 1 rings (SSSR count). The Morgan fingerprint density at radius 3 is 0.818 bits per heavy atom. The minimum atomic E-state index is 0.639. The van der Waals surface area contributed by atoms with Crippen LogP contribution in [0.3, 0.4) is 0 Å². The van der Waals surface area contributed by atoms with Gasteiger partial charge in [-0.05, 0) is 25.7 Å². The summed E-state index contributed by atoms with van der Waals surface area (Å²) in [6, 6.07) is 0. The van der Waals surface area contributed by atoms with Gasteiger partial charge in [0, 0.05) is 25.5 Å². The van der Waals surface area contributed by atoms with Gasteiger partial charge in [0.15, 0.2) is 0 Å². The molecule has 262 valence electrons. The van der Waals surface area contributed by atoms with E-state index in [0.29, 0.717) is 6.17 Å². The van der Waals surface area contributed by atoms with Crippen molar-refractivity contribution in [2.45, 2.75) is 245 Å². The Morgan fingerprint density at radius 1 is 0.295 bits per heavy atom. The summed E-state index contributed by atoms with van der Waals surface area (Å²) >= 11 is 0. The summed E-state index contributed by atoms with van der Waals surface area (Å²) in [5.41, 5.74) is 0. The van der Waals surface area contributed by atoms with Gasteiger partial charge in [-0.15, -0.1) is 0 Å². The van der Waals surface area contributed by atoms with E-state index in [1.165, 1.54) is 231 Å². The highest BCUT2D eigenvalue weighted by atomic mass is 15.4. The highest BCUT2D eigenvalue weighted by Crippen LogP contribution is 2.24. The minimum absolute atomic E-state index is 0.639. The summed E-state index contributed by atoms with van der Waals surface area (Å²) in [5, 5.41) is 0. The lowest BCUT2D eigenvalue weighted by atomic mass is 10.0. The third-order valence-corrected chi connectivity index (χ3v) is 10.3. The van der Waals surface area contributed by atoms with Crippen molar-refractivity contribution in [1.29, 1.82) is 0 Å². The molecule has 2 heteroatoms. The van der Waals surface area contributed by atoms with Gasteiger partial charge in [0.2, 0.25) is 0 Å². The molecule has 0 N–H and O–H groups in total. The maximum atomic E-state index is 2.71. The lowest BCUT2D eigenvalue weighted by molar-refractivity contribution is 0.135. The van der Waals surface area contributed by atoms with Crippen LogP contribution in [0.15, 0.2) is 12.4 Å². The molecule has 0 saturated heterocycles. The number of rotatable bonds is 36. The van der Waals surface area contributed by atoms with Gasteiger partial charge in [-0.1, -0.05) is 213 Å². The summed E-state index contributed by atoms with van der Waals surface area (Å²) in [7, 11) is 0. The van der Waals surface area contributed by atoms with E-state index in [2.05, 4.69) is 43.0 Å². The molecule has 0 aromatic carbocycles. The lowest BCUT2D eigenvalue weighted by Crippen LogP contribution is -2.39. The first-order valence-electron chi connectivity index (χ1n) is 21.0. The van der Waals surface area contributed by atoms with Crippen molar-refractivity contribution in [3.63, 3.8) is 0 Å². The van der Waals surface area contributed by atoms with Crippen molar-refractivity contribution in [1.82, 2.24) is 9.80 Å². The smallest absolute Gasteiger partial charge is 0.101 e. The molecule has 0 amide bonds. The van der Waals surface area contributed by atoms with Crippen LogP contribution in [0.4, 0.5) is 0 Å². The minimum Gasteiger partial charge on any atom is -0.356 e. The van der Waals surface area contributed by atoms with Gasteiger partial charge in [-0.3, -0.25) is 0 Å². The molecule has 1 aliphatic heterocycles. The molecule has 0 aromatic rings. The van der Waals surface area contributed by atoms with Gasteiger partial charge in [-0.2, -0.15) is 0 Å². The van der Waals surface area contributed by atoms with E-state index < -0.39 is 0 Å². The van der Waals surface area contributed by atoms with Crippen LogP contribution >= 0.6 is 0 Å². The summed E-state index contributed by atoms with van der Waals surface area (Å²) in [6.45, 7) is 9.48. The molecule has 1 heterocycles. The fourth-order valence-electron chi connectivity index (χ4n) is 7.25. The molecule has 0 spiro atoms. The second kappa shape index (κ2) is 33.7. The first kappa shape index (κ1) is 41.4. The van der Waals surface area contributed by atoms with Crippen molar-refractivity contribution in [3.05, 3.63) is 12.4 Å². The predicted molar refractivity (Wildman–Crippen MR) is 200 cm³/mol. The Bertz CT molecular complexity index is 572. The molecule has 1 unspecified atom stereocenters. The molecule has 0 radical (unpaired) electrons. The van der Waals surface area contributed by atoms with E-state index in [1.807, 2.05) is 0 Å². The van der Waals surface area contributed by atoms with Crippen LogP contribution in [0.1, 0.15) is 239 Å². The molecule has 0 aromatic heterocycles. The Morgan fingerprint density at radius 2 is 0.523 bits per heavy atom. The summed E-state index contributed by atoms with van der Waals surface area (Å²) in [5.74, 6) is 0. The van der Waals surface area contributed by atoms with Crippen LogP contribution < -0.4 is 0 Å². The van der Waals surface area contributed by atoms with Crippen LogP contribution in [0.5, 0.6) is 0 Å². The second-order valence-corrected chi connectivity index (χ2v) is 14.6. The average Bonchev–Trinajstić information content (AvgIpc) is 3.42. The predicted octanol–water partition coefficient (Wildman–Crippen LogP) is 14.7. The molecule has 1 aliphatic rings. The standard InChI is InChI=1S/C42H84N2/c1-4-7-10-13-15-17-19-21-23-25-27-29-31-33-36-39-44-41-40-43(38-35-12-9-6-3)42(44)37-34-32-30-28-26-24-22-20-18-16-14-11-8-5-2/h40-42H,4-39H2,1-3H3. The van der Waals surface area contributed by atoms with Crippen molar-refractivity contribution < 1.29 is 0 Å². The third-order valence-electron chi connectivity index (χ3n) is 10.3. The molecular weight excluding hydrogens is 532 g/mol. The SMILES string of the molecule is CCCCCCCCCCCCCCCCCN1C=CN(CCCCCC)C1CCCCCCCCCCCCCCCC. The van der Waals surface area contributed by atoms with Gasteiger partial charge < -0.3 is 9.80 Å². The van der Waals surface area contributed by atoms with Crippen molar-refractivity contribution in [2.24, 2.45) is 0 Å². The zero-order valence-corrected chi connectivity index (χ0v) is 31.1. The van der Waals surface area contributed by atoms with Gasteiger partial charge in [-0.25, -0.2) is 0 Å². The summed E-state index contributed by atoms with van der Waals surface area (Å²) < 4.78 is 0. The first-order valence-corrected chi connectivity index (χ1v) is 21.0. The van der Waals surface area contributed by atoms with Crippen molar-refractivity contribution in [2.75, 3.05) is 13.1 Å². The third kappa shape index (κ3) is 25.5. The Kier molecular flexibility index (Phi) is 31.7. The topological polar surface area (TPSA) is 6.48 Å². The van der Waals surface area contributed by atoms with Crippen molar-refractivity contribution >= 4 is 0 Å². The largest absolute Gasteiger partial charge is 0.356 e. The fourth-order valence-corrected chi connectivity index (χ4v) is 7.25. The monoisotopic (exact) mass is 617 g/mol. The van der Waals surface area contributed by atoms with Gasteiger partial charge in [0.05, 0.1) is 0 Å². The zero-order chi connectivity index (χ0) is 31.6. The molecule has 1 atom stereocenters. The molecule has 0 fully saturated rings. The number of hydrogen-bond donors (Lipinski definition) is 0. The zero-order valence-electron chi connectivity index (χ0n) is 31.1. The number of nitrogens with zero attached hydrogens (tertiary/aromatic N) is 2. The van der Waals surface area contributed by atoms with Gasteiger partial charge in [0.1, 0.15) is 6.17 Å². The number of unbranched alkanes of at least 4 members (excludes halogenated alkanes) is 30. The molecule has 44 heavy (non-hydrogen) atoms. The molecule has 0 aliphatic carbocycles. The Hall–Kier alpha value is -0.660. The van der Waals surface area contributed by atoms with E-state index >= 15 is 0 Å². The van der Waals surface area contributed by atoms with Gasteiger partial charge in [0.25, 0.3) is 0 Å².